The maximum atomic E-state index is 12.8. The van der Waals surface area contributed by atoms with Crippen LogP contribution in [0, 0.1) is 6.92 Å². The third-order valence-corrected chi connectivity index (χ3v) is 3.53. The molecule has 0 aromatic heterocycles. The number of nitrogens with one attached hydrogen (secondary N) is 1. The van der Waals surface area contributed by atoms with E-state index in [0.29, 0.717) is 5.92 Å². The molecule has 100 valence electrons. The lowest BCUT2D eigenvalue weighted by molar-refractivity contribution is -0.0512. The molecule has 0 aliphatic heterocycles. The van der Waals surface area contributed by atoms with E-state index in [0.717, 1.165) is 12.8 Å². The molecule has 2 rings (SSSR count). The van der Waals surface area contributed by atoms with Gasteiger partial charge >= 0.3 is 0 Å². The van der Waals surface area contributed by atoms with Crippen LogP contribution in [0.5, 0.6) is 0 Å². The minimum atomic E-state index is -3.01. The fraction of sp³-hybridized carbons (Fsp3) is 0.571. The molecule has 1 aliphatic carbocycles. The lowest BCUT2D eigenvalue weighted by Gasteiger charge is -2.37. The molecule has 0 unspecified atom stereocenters. The summed E-state index contributed by atoms with van der Waals surface area (Å²) in [6.45, 7) is 0.530. The minimum absolute atomic E-state index is 0.146. The molecular formula is C14H19F2NO. The number of aliphatic hydroxyl groups excluding tert-OH is 1. The highest BCUT2D eigenvalue weighted by molar-refractivity contribution is 5.27. The largest absolute Gasteiger partial charge is 0.390 e. The highest BCUT2D eigenvalue weighted by atomic mass is 19.3. The van der Waals surface area contributed by atoms with Gasteiger partial charge in [0.05, 0.1) is 6.54 Å². The number of aryl methyl sites for hydroxylation is 1. The molecule has 0 atom stereocenters. The smallest absolute Gasteiger partial charge is 0.282 e. The van der Waals surface area contributed by atoms with Gasteiger partial charge in [-0.2, -0.15) is 0 Å². The molecule has 2 N–H and O–H groups in total. The summed E-state index contributed by atoms with van der Waals surface area (Å²) in [5, 5.41) is 11.3. The first-order chi connectivity index (χ1) is 8.50. The first-order valence-corrected chi connectivity index (χ1v) is 6.29. The Hall–Kier alpha value is -1.00. The molecule has 0 spiro atoms. The molecule has 1 aliphatic rings. The highest BCUT2D eigenvalue weighted by Crippen LogP contribution is 2.37. The van der Waals surface area contributed by atoms with E-state index in [1.165, 1.54) is 11.1 Å². The molecule has 1 fully saturated rings. The SMILES string of the molecule is Cc1cccc(C2CC(NCC(F)(F)CO)C2)c1. The van der Waals surface area contributed by atoms with Gasteiger partial charge in [0.2, 0.25) is 0 Å². The Morgan fingerprint density at radius 1 is 1.39 bits per heavy atom. The van der Waals surface area contributed by atoms with E-state index in [-0.39, 0.29) is 6.04 Å². The summed E-state index contributed by atoms with van der Waals surface area (Å²) in [5.41, 5.74) is 2.53. The van der Waals surface area contributed by atoms with Crippen molar-refractivity contribution in [1.82, 2.24) is 5.32 Å². The van der Waals surface area contributed by atoms with Gasteiger partial charge in [0.15, 0.2) is 0 Å². The normalized spacial score (nSPS) is 23.8. The molecule has 1 aromatic rings. The van der Waals surface area contributed by atoms with E-state index < -0.39 is 19.1 Å². The van der Waals surface area contributed by atoms with Crippen molar-refractivity contribution in [2.75, 3.05) is 13.2 Å². The zero-order valence-electron chi connectivity index (χ0n) is 10.5. The van der Waals surface area contributed by atoms with Crippen molar-refractivity contribution in [3.05, 3.63) is 35.4 Å². The summed E-state index contributed by atoms with van der Waals surface area (Å²) >= 11 is 0. The summed E-state index contributed by atoms with van der Waals surface area (Å²) in [6, 6.07) is 8.48. The van der Waals surface area contributed by atoms with Crippen LogP contribution in [-0.2, 0) is 0 Å². The lowest BCUT2D eigenvalue weighted by Crippen LogP contribution is -2.46. The van der Waals surface area contributed by atoms with Gasteiger partial charge < -0.3 is 10.4 Å². The first-order valence-electron chi connectivity index (χ1n) is 6.29. The third-order valence-electron chi connectivity index (χ3n) is 3.53. The second-order valence-electron chi connectivity index (χ2n) is 5.17. The number of aliphatic hydroxyl groups is 1. The van der Waals surface area contributed by atoms with E-state index in [9.17, 15) is 8.78 Å². The maximum Gasteiger partial charge on any atom is 0.282 e. The molecule has 0 bridgehead atoms. The average molecular weight is 255 g/mol. The Bertz CT molecular complexity index is 403. The Labute approximate surface area is 106 Å². The number of hydrogen-bond donors (Lipinski definition) is 2. The van der Waals surface area contributed by atoms with Crippen molar-refractivity contribution < 1.29 is 13.9 Å². The number of halogens is 2. The van der Waals surface area contributed by atoms with Crippen molar-refractivity contribution in [3.63, 3.8) is 0 Å². The number of benzene rings is 1. The van der Waals surface area contributed by atoms with Gasteiger partial charge in [0, 0.05) is 6.04 Å². The summed E-state index contributed by atoms with van der Waals surface area (Å²) in [7, 11) is 0. The molecule has 0 radical (unpaired) electrons. The van der Waals surface area contributed by atoms with Crippen molar-refractivity contribution in [1.29, 1.82) is 0 Å². The van der Waals surface area contributed by atoms with Crippen LogP contribution in [0.2, 0.25) is 0 Å². The van der Waals surface area contributed by atoms with Crippen LogP contribution < -0.4 is 5.32 Å². The first kappa shape index (κ1) is 13.4. The highest BCUT2D eigenvalue weighted by Gasteiger charge is 2.34. The Kier molecular flexibility index (Phi) is 3.97. The third kappa shape index (κ3) is 3.27. The maximum absolute atomic E-state index is 12.8. The van der Waals surface area contributed by atoms with Crippen molar-refractivity contribution in [2.45, 2.75) is 37.6 Å². The summed E-state index contributed by atoms with van der Waals surface area (Å²) < 4.78 is 25.7. The average Bonchev–Trinajstić information content (AvgIpc) is 2.27. The molecule has 1 aromatic carbocycles. The second kappa shape index (κ2) is 5.33. The molecule has 18 heavy (non-hydrogen) atoms. The molecule has 2 nitrogen and oxygen atoms in total. The van der Waals surface area contributed by atoms with Crippen LogP contribution in [0.25, 0.3) is 0 Å². The lowest BCUT2D eigenvalue weighted by atomic mass is 9.75. The molecule has 4 heteroatoms. The van der Waals surface area contributed by atoms with Crippen LogP contribution in [0.1, 0.15) is 29.9 Å². The Morgan fingerprint density at radius 3 is 2.72 bits per heavy atom. The van der Waals surface area contributed by atoms with Crippen LogP contribution >= 0.6 is 0 Å². The van der Waals surface area contributed by atoms with Crippen molar-refractivity contribution in [3.8, 4) is 0 Å². The van der Waals surface area contributed by atoms with Crippen LogP contribution in [0.3, 0.4) is 0 Å². The number of rotatable bonds is 5. The molecule has 1 saturated carbocycles. The van der Waals surface area contributed by atoms with Gasteiger partial charge in [-0.05, 0) is 31.2 Å². The Morgan fingerprint density at radius 2 is 2.11 bits per heavy atom. The van der Waals surface area contributed by atoms with Gasteiger partial charge in [-0.15, -0.1) is 0 Å². The van der Waals surface area contributed by atoms with Gasteiger partial charge in [-0.25, -0.2) is 8.78 Å². The van der Waals surface area contributed by atoms with Gasteiger partial charge in [0.25, 0.3) is 5.92 Å². The Balaban J connectivity index is 1.77. The monoisotopic (exact) mass is 255 g/mol. The zero-order valence-corrected chi connectivity index (χ0v) is 10.5. The van der Waals surface area contributed by atoms with Gasteiger partial charge in [0.1, 0.15) is 6.61 Å². The molecule has 0 saturated heterocycles. The predicted octanol–water partition coefficient (Wildman–Crippen LogP) is 2.46. The van der Waals surface area contributed by atoms with E-state index in [1.54, 1.807) is 0 Å². The van der Waals surface area contributed by atoms with E-state index >= 15 is 0 Å². The fourth-order valence-electron chi connectivity index (χ4n) is 2.33. The summed E-state index contributed by atoms with van der Waals surface area (Å²) in [5.74, 6) is -2.53. The van der Waals surface area contributed by atoms with Crippen LogP contribution in [0.15, 0.2) is 24.3 Å². The van der Waals surface area contributed by atoms with E-state index in [4.69, 9.17) is 5.11 Å². The molecule has 0 amide bonds. The summed E-state index contributed by atoms with van der Waals surface area (Å²) in [4.78, 5) is 0. The van der Waals surface area contributed by atoms with Crippen LogP contribution in [0.4, 0.5) is 8.78 Å². The van der Waals surface area contributed by atoms with Crippen LogP contribution in [-0.4, -0.2) is 30.2 Å². The van der Waals surface area contributed by atoms with Gasteiger partial charge in [-0.3, -0.25) is 0 Å². The molecule has 0 heterocycles. The summed E-state index contributed by atoms with van der Waals surface area (Å²) in [6.07, 6.45) is 1.79. The topological polar surface area (TPSA) is 32.3 Å². The second-order valence-corrected chi connectivity index (χ2v) is 5.17. The molecular weight excluding hydrogens is 236 g/mol. The standard InChI is InChI=1S/C14H19F2NO/c1-10-3-2-4-11(5-10)12-6-13(7-12)17-8-14(15,16)9-18/h2-5,12-13,17-18H,6-9H2,1H3. The predicted molar refractivity (Wildman–Crippen MR) is 67.0 cm³/mol. The van der Waals surface area contributed by atoms with E-state index in [1.807, 2.05) is 6.07 Å². The quantitative estimate of drug-likeness (QED) is 0.847. The van der Waals surface area contributed by atoms with Crippen molar-refractivity contribution in [2.24, 2.45) is 0 Å². The fourth-order valence-corrected chi connectivity index (χ4v) is 2.33. The van der Waals surface area contributed by atoms with Gasteiger partial charge in [-0.1, -0.05) is 29.8 Å². The zero-order chi connectivity index (χ0) is 13.2. The minimum Gasteiger partial charge on any atom is -0.390 e. The number of hydrogen-bond acceptors (Lipinski definition) is 2. The van der Waals surface area contributed by atoms with E-state index in [2.05, 4.69) is 30.4 Å². The van der Waals surface area contributed by atoms with Crippen molar-refractivity contribution >= 4 is 0 Å². The number of alkyl halides is 2.